The van der Waals surface area contributed by atoms with E-state index in [1.54, 1.807) is 29.2 Å². The largest absolute Gasteiger partial charge is 0.230 e. The van der Waals surface area contributed by atoms with E-state index in [9.17, 15) is 0 Å². The zero-order chi connectivity index (χ0) is 26.4. The molecule has 2 aromatic heterocycles. The number of halogens is 3. The molecule has 5 aromatic rings. The van der Waals surface area contributed by atoms with Gasteiger partial charge in [-0.25, -0.2) is 4.68 Å². The van der Waals surface area contributed by atoms with E-state index in [0.29, 0.717) is 10.0 Å². The summed E-state index contributed by atoms with van der Waals surface area (Å²) in [5.41, 5.74) is 5.94. The lowest BCUT2D eigenvalue weighted by molar-refractivity contribution is 0.806. The highest BCUT2D eigenvalue weighted by Gasteiger charge is 2.49. The molecule has 0 atom stereocenters. The van der Waals surface area contributed by atoms with Crippen LogP contribution in [-0.4, -0.2) is 25.7 Å². The average molecular weight is 598 g/mol. The van der Waals surface area contributed by atoms with Gasteiger partial charge in [-0.3, -0.25) is 0 Å². The lowest BCUT2D eigenvalue weighted by atomic mass is 9.97. The van der Waals surface area contributed by atoms with Crippen molar-refractivity contribution in [2.75, 3.05) is 5.75 Å². The molecule has 0 aliphatic heterocycles. The first-order chi connectivity index (χ1) is 18.4. The Morgan fingerprint density at radius 1 is 0.921 bits per heavy atom. The summed E-state index contributed by atoms with van der Waals surface area (Å²) in [4.78, 5) is 1.06. The molecule has 2 heterocycles. The predicted molar refractivity (Wildman–Crippen MR) is 161 cm³/mol. The summed E-state index contributed by atoms with van der Waals surface area (Å²) in [6.45, 7) is 4.23. The number of aromatic nitrogens is 4. The zero-order valence-corrected chi connectivity index (χ0v) is 24.6. The third kappa shape index (κ3) is 4.67. The van der Waals surface area contributed by atoms with Crippen molar-refractivity contribution >= 4 is 57.9 Å². The summed E-state index contributed by atoms with van der Waals surface area (Å²) < 4.78 is 1.92. The number of nitrogens with zero attached hydrogens (tertiary/aromatic N) is 4. The molecule has 6 rings (SSSR count). The van der Waals surface area contributed by atoms with Gasteiger partial charge in [0.15, 0.2) is 5.01 Å². The first-order valence-corrected chi connectivity index (χ1v) is 15.2. The van der Waals surface area contributed by atoms with Gasteiger partial charge in [0.1, 0.15) is 10.7 Å². The quantitative estimate of drug-likeness (QED) is 0.175. The van der Waals surface area contributed by atoms with E-state index >= 15 is 0 Å². The molecule has 0 unspecified atom stereocenters. The van der Waals surface area contributed by atoms with Gasteiger partial charge < -0.3 is 0 Å². The lowest BCUT2D eigenvalue weighted by Gasteiger charge is -2.12. The molecule has 38 heavy (non-hydrogen) atoms. The summed E-state index contributed by atoms with van der Waals surface area (Å²) in [7, 11) is 0. The van der Waals surface area contributed by atoms with Gasteiger partial charge in [-0.2, -0.15) is 5.10 Å². The number of hydrogen-bond donors (Lipinski definition) is 0. The van der Waals surface area contributed by atoms with Crippen LogP contribution >= 0.6 is 57.9 Å². The fraction of sp³-hybridized carbons (Fsp3) is 0.207. The number of benzene rings is 3. The van der Waals surface area contributed by atoms with Crippen molar-refractivity contribution in [3.05, 3.63) is 97.9 Å². The minimum absolute atomic E-state index is 0.0968. The molecule has 1 fully saturated rings. The zero-order valence-electron chi connectivity index (χ0n) is 20.7. The molecule has 1 saturated carbocycles. The fourth-order valence-electron chi connectivity index (χ4n) is 4.65. The Morgan fingerprint density at radius 2 is 1.63 bits per heavy atom. The monoisotopic (exact) mass is 596 g/mol. The second-order valence-electron chi connectivity index (χ2n) is 9.33. The van der Waals surface area contributed by atoms with Gasteiger partial charge in [-0.05, 0) is 61.4 Å². The highest BCUT2D eigenvalue weighted by atomic mass is 35.5. The Balaban J connectivity index is 1.52. The molecule has 4 nitrogen and oxygen atoms in total. The van der Waals surface area contributed by atoms with Crippen LogP contribution < -0.4 is 0 Å². The molecule has 0 spiro atoms. The topological polar surface area (TPSA) is 43.6 Å². The standard InChI is InChI=1S/C29H23Cl3N4S2/c1-3-37-26-24(27-33-34-28(38-27)29(14-15-29)19-8-10-20(30)11-9-19)35-36(23-13-12-21(31)16-22(23)32)25(26)18-6-4-17(2)5-7-18/h4-13,16H,3,14-15H2,1-2H3. The fourth-order valence-corrected chi connectivity index (χ4v) is 7.34. The van der Waals surface area contributed by atoms with Crippen LogP contribution in [0.2, 0.25) is 15.1 Å². The van der Waals surface area contributed by atoms with Crippen molar-refractivity contribution < 1.29 is 0 Å². The summed E-state index contributed by atoms with van der Waals surface area (Å²) in [5, 5.41) is 18.1. The van der Waals surface area contributed by atoms with Gasteiger partial charge in [0.2, 0.25) is 0 Å². The molecule has 192 valence electrons. The van der Waals surface area contributed by atoms with Crippen molar-refractivity contribution in [3.8, 4) is 27.6 Å². The van der Waals surface area contributed by atoms with Gasteiger partial charge >= 0.3 is 0 Å². The van der Waals surface area contributed by atoms with Crippen LogP contribution in [-0.2, 0) is 5.41 Å². The molecule has 0 saturated heterocycles. The van der Waals surface area contributed by atoms with E-state index in [4.69, 9.17) is 39.9 Å². The highest BCUT2D eigenvalue weighted by Crippen LogP contribution is 2.55. The number of rotatable bonds is 7. The molecular weight excluding hydrogens is 575 g/mol. The van der Waals surface area contributed by atoms with Crippen LogP contribution in [0.15, 0.2) is 71.6 Å². The summed E-state index contributed by atoms with van der Waals surface area (Å²) in [6.07, 6.45) is 2.09. The van der Waals surface area contributed by atoms with Crippen LogP contribution in [0.5, 0.6) is 0 Å². The SMILES string of the molecule is CCSc1c(-c2nnc(C3(c4ccc(Cl)cc4)CC3)s2)nn(-c2ccc(Cl)cc2Cl)c1-c1ccc(C)cc1. The first-order valence-electron chi connectivity index (χ1n) is 12.3. The van der Waals surface area contributed by atoms with Gasteiger partial charge in [0, 0.05) is 21.0 Å². The second kappa shape index (κ2) is 10.3. The molecule has 1 aliphatic rings. The second-order valence-corrected chi connectivity index (χ2v) is 12.9. The van der Waals surface area contributed by atoms with Gasteiger partial charge in [0.05, 0.1) is 21.3 Å². The Hall–Kier alpha value is -2.35. The van der Waals surface area contributed by atoms with E-state index in [1.807, 2.05) is 28.9 Å². The van der Waals surface area contributed by atoms with Gasteiger partial charge in [0.25, 0.3) is 0 Å². The van der Waals surface area contributed by atoms with Crippen LogP contribution in [0.1, 0.15) is 35.9 Å². The minimum Gasteiger partial charge on any atom is -0.230 e. The number of thioether (sulfide) groups is 1. The molecule has 0 radical (unpaired) electrons. The molecule has 0 bridgehead atoms. The third-order valence-corrected chi connectivity index (χ3v) is 9.67. The predicted octanol–water partition coefficient (Wildman–Crippen LogP) is 9.52. The van der Waals surface area contributed by atoms with E-state index < -0.39 is 0 Å². The smallest absolute Gasteiger partial charge is 0.169 e. The Labute approximate surface area is 245 Å². The maximum absolute atomic E-state index is 6.70. The van der Waals surface area contributed by atoms with Crippen molar-refractivity contribution in [2.24, 2.45) is 0 Å². The van der Waals surface area contributed by atoms with Crippen LogP contribution in [0.4, 0.5) is 0 Å². The van der Waals surface area contributed by atoms with Crippen molar-refractivity contribution in [3.63, 3.8) is 0 Å². The first kappa shape index (κ1) is 25.9. The van der Waals surface area contributed by atoms with Crippen molar-refractivity contribution in [2.45, 2.75) is 37.0 Å². The average Bonchev–Trinajstić information content (AvgIpc) is 3.41. The Kier molecular flexibility index (Phi) is 7.04. The molecule has 1 aliphatic carbocycles. The highest BCUT2D eigenvalue weighted by molar-refractivity contribution is 7.99. The maximum Gasteiger partial charge on any atom is 0.169 e. The van der Waals surface area contributed by atoms with Gasteiger partial charge in [-0.15, -0.1) is 22.0 Å². The summed E-state index contributed by atoms with van der Waals surface area (Å²) in [6, 6.07) is 22.1. The molecule has 0 amide bonds. The van der Waals surface area contributed by atoms with E-state index in [2.05, 4.69) is 60.4 Å². The van der Waals surface area contributed by atoms with E-state index in [-0.39, 0.29) is 5.41 Å². The number of aryl methyl sites for hydroxylation is 1. The summed E-state index contributed by atoms with van der Waals surface area (Å²) in [5.74, 6) is 0.881. The van der Waals surface area contributed by atoms with Crippen molar-refractivity contribution in [1.82, 2.24) is 20.0 Å². The van der Waals surface area contributed by atoms with Gasteiger partial charge in [-0.1, -0.05) is 95.0 Å². The normalized spacial score (nSPS) is 14.1. The Bertz CT molecular complexity index is 1620. The lowest BCUT2D eigenvalue weighted by Crippen LogP contribution is -2.07. The third-order valence-electron chi connectivity index (χ3n) is 6.78. The molecule has 0 N–H and O–H groups in total. The van der Waals surface area contributed by atoms with Crippen LogP contribution in [0, 0.1) is 6.92 Å². The molecule has 9 heteroatoms. The van der Waals surface area contributed by atoms with Crippen molar-refractivity contribution in [1.29, 1.82) is 0 Å². The summed E-state index contributed by atoms with van der Waals surface area (Å²) >= 11 is 22.4. The molecular formula is C29H23Cl3N4S2. The van der Waals surface area contributed by atoms with E-state index in [0.717, 1.165) is 61.2 Å². The number of hydrogen-bond acceptors (Lipinski definition) is 5. The molecule has 3 aromatic carbocycles. The van der Waals surface area contributed by atoms with Crippen LogP contribution in [0.25, 0.3) is 27.6 Å². The van der Waals surface area contributed by atoms with Crippen LogP contribution in [0.3, 0.4) is 0 Å². The minimum atomic E-state index is -0.0968. The maximum atomic E-state index is 6.70. The van der Waals surface area contributed by atoms with E-state index in [1.165, 1.54) is 11.1 Å². The Morgan fingerprint density at radius 3 is 2.29 bits per heavy atom.